The molecule has 1 unspecified atom stereocenters. The van der Waals surface area contributed by atoms with Gasteiger partial charge in [0.25, 0.3) is 5.91 Å². The zero-order chi connectivity index (χ0) is 11.5. The van der Waals surface area contributed by atoms with E-state index in [1.807, 2.05) is 18.2 Å². The second-order valence-corrected chi connectivity index (χ2v) is 5.39. The molecule has 0 aliphatic carbocycles. The fourth-order valence-corrected chi connectivity index (χ4v) is 2.73. The highest BCUT2D eigenvalue weighted by molar-refractivity contribution is 9.11. The van der Waals surface area contributed by atoms with Crippen molar-refractivity contribution in [3.63, 3.8) is 0 Å². The van der Waals surface area contributed by atoms with Crippen LogP contribution >= 0.6 is 31.9 Å². The van der Waals surface area contributed by atoms with Gasteiger partial charge in [-0.1, -0.05) is 15.9 Å². The lowest BCUT2D eigenvalue weighted by Gasteiger charge is -2.11. The fourth-order valence-electron chi connectivity index (χ4n) is 1.59. The highest BCUT2D eigenvalue weighted by Crippen LogP contribution is 2.26. The molecule has 86 valence electrons. The van der Waals surface area contributed by atoms with Gasteiger partial charge in [-0.3, -0.25) is 4.79 Å². The molecule has 1 aliphatic rings. The molecule has 1 atom stereocenters. The Hall–Kier alpha value is -0.390. The van der Waals surface area contributed by atoms with Crippen LogP contribution in [0.4, 0.5) is 5.69 Å². The molecule has 1 fully saturated rings. The second kappa shape index (κ2) is 5.29. The Morgan fingerprint density at radius 1 is 1.44 bits per heavy atom. The van der Waals surface area contributed by atoms with Crippen molar-refractivity contribution in [2.24, 2.45) is 0 Å². The summed E-state index contributed by atoms with van der Waals surface area (Å²) >= 11 is 6.76. The second-order valence-electron chi connectivity index (χ2n) is 3.62. The summed E-state index contributed by atoms with van der Waals surface area (Å²) in [6.45, 7) is 0.680. The van der Waals surface area contributed by atoms with Crippen molar-refractivity contribution in [2.45, 2.75) is 18.9 Å². The first-order valence-electron chi connectivity index (χ1n) is 5.04. The number of halogens is 2. The molecule has 2 rings (SSSR count). The van der Waals surface area contributed by atoms with E-state index in [9.17, 15) is 4.79 Å². The minimum atomic E-state index is -0.296. The smallest absolute Gasteiger partial charge is 0.253 e. The van der Waals surface area contributed by atoms with Gasteiger partial charge in [-0.25, -0.2) is 0 Å². The van der Waals surface area contributed by atoms with Crippen molar-refractivity contribution in [3.8, 4) is 0 Å². The van der Waals surface area contributed by atoms with Gasteiger partial charge >= 0.3 is 0 Å². The highest BCUT2D eigenvalue weighted by atomic mass is 79.9. The van der Waals surface area contributed by atoms with Gasteiger partial charge in [0, 0.05) is 15.6 Å². The third-order valence-corrected chi connectivity index (χ3v) is 3.56. The Kier molecular flexibility index (Phi) is 4.00. The van der Waals surface area contributed by atoms with E-state index in [1.54, 1.807) is 0 Å². The molecule has 1 aromatic carbocycles. The summed E-state index contributed by atoms with van der Waals surface area (Å²) in [6.07, 6.45) is 1.47. The number of carbonyl (C=O) groups is 1. The average Bonchev–Trinajstić information content (AvgIpc) is 2.75. The van der Waals surface area contributed by atoms with Gasteiger partial charge in [-0.05, 0) is 47.0 Å². The molecule has 0 radical (unpaired) electrons. The SMILES string of the molecule is O=C(Nc1ccc(Br)cc1Br)C1CCCO1. The summed E-state index contributed by atoms with van der Waals surface area (Å²) in [4.78, 5) is 11.8. The predicted octanol–water partition coefficient (Wildman–Crippen LogP) is 3.33. The maximum Gasteiger partial charge on any atom is 0.253 e. The first-order chi connectivity index (χ1) is 7.66. The molecule has 1 aliphatic heterocycles. The van der Waals surface area contributed by atoms with E-state index >= 15 is 0 Å². The maximum atomic E-state index is 11.8. The van der Waals surface area contributed by atoms with Crippen LogP contribution in [0.25, 0.3) is 0 Å². The fraction of sp³-hybridized carbons (Fsp3) is 0.364. The number of benzene rings is 1. The number of rotatable bonds is 2. The number of anilines is 1. The standard InChI is InChI=1S/C11H11Br2NO2/c12-7-3-4-9(8(13)6-7)14-11(15)10-2-1-5-16-10/h3-4,6,10H,1-2,5H2,(H,14,15). The van der Waals surface area contributed by atoms with Crippen LogP contribution in [0, 0.1) is 0 Å². The zero-order valence-electron chi connectivity index (χ0n) is 8.50. The van der Waals surface area contributed by atoms with Gasteiger partial charge in [0.05, 0.1) is 5.69 Å². The van der Waals surface area contributed by atoms with Gasteiger partial charge in [0.15, 0.2) is 0 Å². The van der Waals surface area contributed by atoms with Crippen molar-refractivity contribution in [1.29, 1.82) is 0 Å². The lowest BCUT2D eigenvalue weighted by atomic mass is 10.2. The summed E-state index contributed by atoms with van der Waals surface area (Å²) in [6, 6.07) is 5.63. The molecule has 1 aromatic rings. The van der Waals surface area contributed by atoms with Crippen molar-refractivity contribution in [1.82, 2.24) is 0 Å². The van der Waals surface area contributed by atoms with Gasteiger partial charge in [-0.15, -0.1) is 0 Å². The Morgan fingerprint density at radius 3 is 2.88 bits per heavy atom. The molecule has 1 heterocycles. The van der Waals surface area contributed by atoms with E-state index in [4.69, 9.17) is 4.74 Å². The molecule has 0 saturated carbocycles. The molecule has 1 amide bonds. The van der Waals surface area contributed by atoms with Crippen LogP contribution < -0.4 is 5.32 Å². The number of carbonyl (C=O) groups excluding carboxylic acids is 1. The summed E-state index contributed by atoms with van der Waals surface area (Å²) in [5.41, 5.74) is 0.767. The lowest BCUT2D eigenvalue weighted by Crippen LogP contribution is -2.26. The molecular weight excluding hydrogens is 338 g/mol. The van der Waals surface area contributed by atoms with Crippen LogP contribution in [0.5, 0.6) is 0 Å². The molecule has 1 N–H and O–H groups in total. The molecule has 0 spiro atoms. The molecule has 3 nitrogen and oxygen atoms in total. The van der Waals surface area contributed by atoms with Crippen LogP contribution in [0.2, 0.25) is 0 Å². The Labute approximate surface area is 111 Å². The topological polar surface area (TPSA) is 38.3 Å². The van der Waals surface area contributed by atoms with E-state index in [0.29, 0.717) is 6.61 Å². The number of nitrogens with one attached hydrogen (secondary N) is 1. The van der Waals surface area contributed by atoms with Crippen LogP contribution in [0.3, 0.4) is 0 Å². The van der Waals surface area contributed by atoms with Crippen molar-refractivity contribution in [3.05, 3.63) is 27.1 Å². The summed E-state index contributed by atoms with van der Waals surface area (Å²) < 4.78 is 7.14. The van der Waals surface area contributed by atoms with E-state index in [0.717, 1.165) is 27.5 Å². The van der Waals surface area contributed by atoms with Crippen molar-refractivity contribution < 1.29 is 9.53 Å². The van der Waals surface area contributed by atoms with Gasteiger partial charge in [0.1, 0.15) is 6.10 Å². The predicted molar refractivity (Wildman–Crippen MR) is 69.4 cm³/mol. The van der Waals surface area contributed by atoms with E-state index in [-0.39, 0.29) is 12.0 Å². The first-order valence-corrected chi connectivity index (χ1v) is 6.63. The third-order valence-electron chi connectivity index (χ3n) is 2.41. The average molecular weight is 349 g/mol. The summed E-state index contributed by atoms with van der Waals surface area (Å²) in [5.74, 6) is -0.0690. The van der Waals surface area contributed by atoms with E-state index in [1.165, 1.54) is 0 Å². The molecular formula is C11H11Br2NO2. The molecule has 5 heteroatoms. The molecule has 0 aromatic heterocycles. The Morgan fingerprint density at radius 2 is 2.25 bits per heavy atom. The van der Waals surface area contributed by atoms with Crippen molar-refractivity contribution in [2.75, 3.05) is 11.9 Å². The van der Waals surface area contributed by atoms with Crippen LogP contribution in [0.1, 0.15) is 12.8 Å². The van der Waals surface area contributed by atoms with E-state index in [2.05, 4.69) is 37.2 Å². The number of hydrogen-bond acceptors (Lipinski definition) is 2. The number of ether oxygens (including phenoxy) is 1. The lowest BCUT2D eigenvalue weighted by molar-refractivity contribution is -0.124. The highest BCUT2D eigenvalue weighted by Gasteiger charge is 2.23. The van der Waals surface area contributed by atoms with Crippen LogP contribution in [-0.2, 0) is 9.53 Å². The Balaban J connectivity index is 2.05. The normalized spacial score (nSPS) is 19.8. The summed E-state index contributed by atoms with van der Waals surface area (Å²) in [7, 11) is 0. The minimum absolute atomic E-state index is 0.0690. The molecule has 16 heavy (non-hydrogen) atoms. The maximum absolute atomic E-state index is 11.8. The first kappa shape index (κ1) is 12.1. The third kappa shape index (κ3) is 2.84. The molecule has 1 saturated heterocycles. The van der Waals surface area contributed by atoms with Crippen LogP contribution in [0.15, 0.2) is 27.1 Å². The minimum Gasteiger partial charge on any atom is -0.368 e. The number of hydrogen-bond donors (Lipinski definition) is 1. The van der Waals surface area contributed by atoms with Crippen LogP contribution in [-0.4, -0.2) is 18.6 Å². The monoisotopic (exact) mass is 347 g/mol. The zero-order valence-corrected chi connectivity index (χ0v) is 11.7. The molecule has 0 bridgehead atoms. The quantitative estimate of drug-likeness (QED) is 0.890. The van der Waals surface area contributed by atoms with Crippen molar-refractivity contribution >= 4 is 43.5 Å². The summed E-state index contributed by atoms with van der Waals surface area (Å²) in [5, 5.41) is 2.85. The largest absolute Gasteiger partial charge is 0.368 e. The Bertz CT molecular complexity index is 403. The number of amides is 1. The van der Waals surface area contributed by atoms with Gasteiger partial charge in [-0.2, -0.15) is 0 Å². The van der Waals surface area contributed by atoms with E-state index < -0.39 is 0 Å². The van der Waals surface area contributed by atoms with Gasteiger partial charge < -0.3 is 10.1 Å². The van der Waals surface area contributed by atoms with Gasteiger partial charge in [0.2, 0.25) is 0 Å².